The van der Waals surface area contributed by atoms with Crippen LogP contribution in [-0.2, 0) is 18.4 Å². The molecule has 1 unspecified atom stereocenters. The van der Waals surface area contributed by atoms with E-state index in [1.807, 2.05) is 69.6 Å². The Morgan fingerprint density at radius 2 is 1.95 bits per heavy atom. The van der Waals surface area contributed by atoms with E-state index < -0.39 is 6.04 Å². The Morgan fingerprint density at radius 3 is 2.65 bits per heavy atom. The summed E-state index contributed by atoms with van der Waals surface area (Å²) in [5, 5.41) is 21.7. The number of hydrogen-bond acceptors (Lipinski definition) is 7. The maximum Gasteiger partial charge on any atom is 0.255 e. The Balaban J connectivity index is 1.52. The van der Waals surface area contributed by atoms with Gasteiger partial charge < -0.3 is 20.3 Å². The molecule has 0 radical (unpaired) electrons. The van der Waals surface area contributed by atoms with Gasteiger partial charge in [0.25, 0.3) is 5.56 Å². The molecule has 5 rings (SSSR count). The minimum Gasteiger partial charge on any atom is -0.396 e. The molecule has 10 nitrogen and oxygen atoms in total. The Hall–Kier alpha value is -5.09. The molecule has 220 valence electrons. The van der Waals surface area contributed by atoms with E-state index in [0.717, 1.165) is 38.8 Å². The van der Waals surface area contributed by atoms with Crippen LogP contribution in [0.15, 0.2) is 89.2 Å². The number of nitrogens with zero attached hydrogens (tertiary/aromatic N) is 4. The number of H-pyrrole nitrogens is 1. The van der Waals surface area contributed by atoms with E-state index >= 15 is 0 Å². The summed E-state index contributed by atoms with van der Waals surface area (Å²) >= 11 is 0. The van der Waals surface area contributed by atoms with Crippen LogP contribution < -0.4 is 10.9 Å². The Labute approximate surface area is 249 Å². The lowest BCUT2D eigenvalue weighted by molar-refractivity contribution is -0.131. The number of nitrogens with one attached hydrogen (secondary N) is 2. The molecule has 3 aromatic carbocycles. The molecule has 0 bridgehead atoms. The minimum atomic E-state index is -0.795. The van der Waals surface area contributed by atoms with Crippen molar-refractivity contribution in [1.82, 2.24) is 19.7 Å². The number of aliphatic hydroxyl groups is 1. The standard InChI is InChI=1S/C33H34N6O4/c1-20-13-23(6-9-28(20)21(2)19-40)31(36-26-7-5-22-11-12-34-32(41)30(22)15-26)33(42)38(3)17-24-14-27(37-43)8-10-29(24)25-16-35-39(4)18-25/h5-16,18,21,31,36,40H,17,19H2,1-4H3,(H,34,41)/t21-,31?/m0/s1. The third kappa shape index (κ3) is 6.24. The Kier molecular flexibility index (Phi) is 8.49. The molecule has 0 spiro atoms. The molecule has 2 heterocycles. The SMILES string of the molecule is Cc1cc(C(Nc2ccc3cc[nH]c(=O)c3c2)C(=O)N(C)Cc2cc(N=O)ccc2-c2cnn(C)c2)ccc1[C@@H](C)CO. The van der Waals surface area contributed by atoms with Crippen molar-refractivity contribution in [1.29, 1.82) is 0 Å². The van der Waals surface area contributed by atoms with Crippen molar-refractivity contribution < 1.29 is 9.90 Å². The highest BCUT2D eigenvalue weighted by molar-refractivity contribution is 5.89. The summed E-state index contributed by atoms with van der Waals surface area (Å²) < 4.78 is 1.69. The minimum absolute atomic E-state index is 0.0170. The molecule has 2 atom stereocenters. The molecule has 1 amide bonds. The number of pyridine rings is 1. The molecule has 43 heavy (non-hydrogen) atoms. The van der Waals surface area contributed by atoms with E-state index in [2.05, 4.69) is 20.6 Å². The molecular formula is C33H34N6O4. The van der Waals surface area contributed by atoms with Crippen LogP contribution in [0.2, 0.25) is 0 Å². The summed E-state index contributed by atoms with van der Waals surface area (Å²) in [4.78, 5) is 42.4. The molecule has 0 fully saturated rings. The molecule has 0 aliphatic carbocycles. The number of hydrogen-bond donors (Lipinski definition) is 3. The van der Waals surface area contributed by atoms with Gasteiger partial charge in [0.1, 0.15) is 11.7 Å². The first-order valence-electron chi connectivity index (χ1n) is 14.0. The van der Waals surface area contributed by atoms with Gasteiger partial charge in [-0.3, -0.25) is 14.3 Å². The zero-order chi connectivity index (χ0) is 30.7. The normalized spacial score (nSPS) is 12.6. The van der Waals surface area contributed by atoms with Gasteiger partial charge in [-0.05, 0) is 75.6 Å². The van der Waals surface area contributed by atoms with Gasteiger partial charge in [0.15, 0.2) is 0 Å². The topological polar surface area (TPSA) is 133 Å². The van der Waals surface area contributed by atoms with Crippen molar-refractivity contribution in [2.24, 2.45) is 12.2 Å². The number of aromatic nitrogens is 3. The molecule has 3 N–H and O–H groups in total. The lowest BCUT2D eigenvalue weighted by atomic mass is 9.93. The fraction of sp³-hybridized carbons (Fsp3) is 0.242. The maximum absolute atomic E-state index is 14.2. The molecule has 0 saturated carbocycles. The van der Waals surface area contributed by atoms with Crippen molar-refractivity contribution in [2.75, 3.05) is 19.0 Å². The van der Waals surface area contributed by atoms with Crippen molar-refractivity contribution >= 4 is 28.1 Å². The van der Waals surface area contributed by atoms with E-state index in [4.69, 9.17) is 0 Å². The average Bonchev–Trinajstić information content (AvgIpc) is 3.45. The number of anilines is 1. The van der Waals surface area contributed by atoms with Crippen LogP contribution in [0.4, 0.5) is 11.4 Å². The number of aliphatic hydroxyl groups excluding tert-OH is 1. The first-order valence-corrected chi connectivity index (χ1v) is 14.0. The van der Waals surface area contributed by atoms with E-state index in [-0.39, 0.29) is 36.2 Å². The van der Waals surface area contributed by atoms with E-state index in [1.54, 1.807) is 47.2 Å². The number of aryl methyl sites for hydroxylation is 2. The quantitative estimate of drug-likeness (QED) is 0.186. The number of benzene rings is 3. The van der Waals surface area contributed by atoms with Crippen LogP contribution in [0.1, 0.15) is 41.1 Å². The van der Waals surface area contributed by atoms with Gasteiger partial charge in [0, 0.05) is 62.2 Å². The number of carbonyl (C=O) groups excluding carboxylic acids is 1. The summed E-state index contributed by atoms with van der Waals surface area (Å²) in [5.74, 6) is -0.262. The van der Waals surface area contributed by atoms with Crippen LogP contribution in [-0.4, -0.2) is 44.3 Å². The molecule has 0 aliphatic heterocycles. The van der Waals surface area contributed by atoms with Crippen molar-refractivity contribution in [3.63, 3.8) is 0 Å². The van der Waals surface area contributed by atoms with E-state index in [9.17, 15) is 19.6 Å². The van der Waals surface area contributed by atoms with Gasteiger partial charge in [-0.1, -0.05) is 37.3 Å². The summed E-state index contributed by atoms with van der Waals surface area (Å²) in [6.45, 7) is 4.14. The van der Waals surface area contributed by atoms with Crippen molar-refractivity contribution in [2.45, 2.75) is 32.4 Å². The van der Waals surface area contributed by atoms with Crippen LogP contribution in [0.3, 0.4) is 0 Å². The molecule has 2 aromatic heterocycles. The Bertz CT molecular complexity index is 1860. The highest BCUT2D eigenvalue weighted by Crippen LogP contribution is 2.31. The predicted molar refractivity (Wildman–Crippen MR) is 168 cm³/mol. The fourth-order valence-electron chi connectivity index (χ4n) is 5.42. The van der Waals surface area contributed by atoms with Crippen LogP contribution in [0.25, 0.3) is 21.9 Å². The van der Waals surface area contributed by atoms with Crippen molar-refractivity contribution in [3.05, 3.63) is 117 Å². The highest BCUT2D eigenvalue weighted by atomic mass is 16.3. The number of nitroso groups, excluding NO2 is 1. The van der Waals surface area contributed by atoms with Gasteiger partial charge in [-0.15, -0.1) is 4.91 Å². The second-order valence-electron chi connectivity index (χ2n) is 10.9. The van der Waals surface area contributed by atoms with Crippen molar-refractivity contribution in [3.8, 4) is 11.1 Å². The van der Waals surface area contributed by atoms with Gasteiger partial charge in [-0.2, -0.15) is 5.10 Å². The molecule has 10 heteroatoms. The summed E-state index contributed by atoms with van der Waals surface area (Å²) in [7, 11) is 3.54. The second-order valence-corrected chi connectivity index (χ2v) is 10.9. The zero-order valence-corrected chi connectivity index (χ0v) is 24.5. The molecule has 0 aliphatic rings. The first kappa shape index (κ1) is 29.4. The largest absolute Gasteiger partial charge is 0.396 e. The number of aromatic amines is 1. The third-order valence-electron chi connectivity index (χ3n) is 7.76. The summed E-state index contributed by atoms with van der Waals surface area (Å²) in [6.07, 6.45) is 5.21. The zero-order valence-electron chi connectivity index (χ0n) is 24.5. The third-order valence-corrected chi connectivity index (χ3v) is 7.76. The Morgan fingerprint density at radius 1 is 1.14 bits per heavy atom. The maximum atomic E-state index is 14.2. The lowest BCUT2D eigenvalue weighted by Gasteiger charge is -2.27. The highest BCUT2D eigenvalue weighted by Gasteiger charge is 2.26. The molecule has 0 saturated heterocycles. The number of rotatable bonds is 10. The van der Waals surface area contributed by atoms with Gasteiger partial charge in [0.05, 0.1) is 6.20 Å². The van der Waals surface area contributed by atoms with Crippen LogP contribution in [0.5, 0.6) is 0 Å². The monoisotopic (exact) mass is 578 g/mol. The molecule has 5 aromatic rings. The number of fused-ring (bicyclic) bond motifs is 1. The number of amides is 1. The van der Waals surface area contributed by atoms with Gasteiger partial charge in [-0.25, -0.2) is 0 Å². The van der Waals surface area contributed by atoms with E-state index in [0.29, 0.717) is 11.1 Å². The number of likely N-dealkylation sites (N-methyl/N-ethyl adjacent to an activating group) is 1. The first-order chi connectivity index (χ1) is 20.7. The fourth-order valence-corrected chi connectivity index (χ4v) is 5.42. The predicted octanol–water partition coefficient (Wildman–Crippen LogP) is 5.54. The smallest absolute Gasteiger partial charge is 0.255 e. The molecular weight excluding hydrogens is 544 g/mol. The average molecular weight is 579 g/mol. The van der Waals surface area contributed by atoms with Gasteiger partial charge in [0.2, 0.25) is 5.91 Å². The summed E-state index contributed by atoms with van der Waals surface area (Å²) in [6, 6.07) is 17.4. The van der Waals surface area contributed by atoms with Gasteiger partial charge >= 0.3 is 0 Å². The van der Waals surface area contributed by atoms with E-state index in [1.165, 1.54) is 0 Å². The second kappa shape index (κ2) is 12.4. The summed E-state index contributed by atoms with van der Waals surface area (Å²) in [5.41, 5.74) is 5.82. The number of carbonyl (C=O) groups is 1. The van der Waals surface area contributed by atoms with Crippen LogP contribution in [0, 0.1) is 11.8 Å². The lowest BCUT2D eigenvalue weighted by Crippen LogP contribution is -2.35. The van der Waals surface area contributed by atoms with Crippen LogP contribution >= 0.6 is 0 Å².